The predicted molar refractivity (Wildman–Crippen MR) is 72.2 cm³/mol. The molecule has 98 valence electrons. The van der Waals surface area contributed by atoms with E-state index in [4.69, 9.17) is 0 Å². The molecule has 4 heteroatoms. The summed E-state index contributed by atoms with van der Waals surface area (Å²) >= 11 is 0. The van der Waals surface area contributed by atoms with E-state index in [-0.39, 0.29) is 17.9 Å². The molecule has 0 bridgehead atoms. The van der Waals surface area contributed by atoms with Gasteiger partial charge >= 0.3 is 0 Å². The highest BCUT2D eigenvalue weighted by Gasteiger charge is 2.14. The first-order valence-corrected chi connectivity index (χ1v) is 6.13. The molecule has 1 aromatic rings. The molecule has 0 spiro atoms. The summed E-state index contributed by atoms with van der Waals surface area (Å²) in [5, 5.41) is 2.80. The van der Waals surface area contributed by atoms with Crippen LogP contribution in [-0.2, 0) is 9.59 Å². The van der Waals surface area contributed by atoms with E-state index in [0.29, 0.717) is 13.0 Å². The molecular weight excluding hydrogens is 228 g/mol. The number of amides is 2. The quantitative estimate of drug-likeness (QED) is 0.869. The lowest BCUT2D eigenvalue weighted by Crippen LogP contribution is -2.37. The first-order valence-electron chi connectivity index (χ1n) is 6.13. The summed E-state index contributed by atoms with van der Waals surface area (Å²) in [6.07, 6.45) is 0.312. The van der Waals surface area contributed by atoms with Crippen LogP contribution in [0.5, 0.6) is 0 Å². The summed E-state index contributed by atoms with van der Waals surface area (Å²) in [5.41, 5.74) is 0.779. The van der Waals surface area contributed by atoms with Gasteiger partial charge in [-0.2, -0.15) is 0 Å². The number of benzene rings is 1. The molecule has 1 aromatic carbocycles. The summed E-state index contributed by atoms with van der Waals surface area (Å²) in [7, 11) is 0. The minimum atomic E-state index is -0.0758. The van der Waals surface area contributed by atoms with Gasteiger partial charge in [0.25, 0.3) is 0 Å². The zero-order valence-corrected chi connectivity index (χ0v) is 11.1. The molecule has 0 aliphatic rings. The first kappa shape index (κ1) is 14.2. The van der Waals surface area contributed by atoms with Gasteiger partial charge in [0.05, 0.1) is 0 Å². The van der Waals surface area contributed by atoms with Gasteiger partial charge in [0.2, 0.25) is 11.8 Å². The summed E-state index contributed by atoms with van der Waals surface area (Å²) in [4.78, 5) is 24.7. The maximum absolute atomic E-state index is 11.7. The monoisotopic (exact) mass is 248 g/mol. The smallest absolute Gasteiger partial charge is 0.226 e. The SMILES string of the molecule is CC(=O)N(CCC(=O)Nc1ccccc1)C(C)C. The van der Waals surface area contributed by atoms with E-state index >= 15 is 0 Å². The fourth-order valence-corrected chi connectivity index (χ4v) is 1.75. The molecule has 0 saturated carbocycles. The number of anilines is 1. The molecule has 0 fully saturated rings. The first-order chi connectivity index (χ1) is 8.50. The topological polar surface area (TPSA) is 49.4 Å². The van der Waals surface area contributed by atoms with Gasteiger partial charge in [-0.1, -0.05) is 18.2 Å². The molecule has 0 aliphatic heterocycles. The third kappa shape index (κ3) is 4.57. The number of nitrogens with one attached hydrogen (secondary N) is 1. The summed E-state index contributed by atoms with van der Waals surface area (Å²) in [6, 6.07) is 9.42. The largest absolute Gasteiger partial charge is 0.340 e. The van der Waals surface area contributed by atoms with E-state index in [0.717, 1.165) is 5.69 Å². The number of rotatable bonds is 5. The molecule has 0 aromatic heterocycles. The Balaban J connectivity index is 2.44. The number of carbonyl (C=O) groups excluding carboxylic acids is 2. The second-order valence-corrected chi connectivity index (χ2v) is 4.47. The van der Waals surface area contributed by atoms with Gasteiger partial charge in [-0.15, -0.1) is 0 Å². The predicted octanol–water partition coefficient (Wildman–Crippen LogP) is 2.27. The van der Waals surface area contributed by atoms with Gasteiger partial charge in [-0.3, -0.25) is 9.59 Å². The highest BCUT2D eigenvalue weighted by Crippen LogP contribution is 2.06. The van der Waals surface area contributed by atoms with E-state index in [2.05, 4.69) is 5.32 Å². The van der Waals surface area contributed by atoms with Crippen molar-refractivity contribution in [2.45, 2.75) is 33.2 Å². The lowest BCUT2D eigenvalue weighted by molar-refractivity contribution is -0.130. The van der Waals surface area contributed by atoms with Crippen LogP contribution in [0.25, 0.3) is 0 Å². The molecule has 0 saturated heterocycles. The Morgan fingerprint density at radius 3 is 2.33 bits per heavy atom. The normalized spacial score (nSPS) is 10.2. The molecule has 0 unspecified atom stereocenters. The summed E-state index contributed by atoms with van der Waals surface area (Å²) in [5.74, 6) is -0.0781. The average Bonchev–Trinajstić information content (AvgIpc) is 2.29. The van der Waals surface area contributed by atoms with Crippen LogP contribution in [0.2, 0.25) is 0 Å². The molecule has 1 rings (SSSR count). The van der Waals surface area contributed by atoms with E-state index < -0.39 is 0 Å². The zero-order chi connectivity index (χ0) is 13.5. The van der Waals surface area contributed by atoms with E-state index in [1.807, 2.05) is 44.2 Å². The molecular formula is C14H20N2O2. The fourth-order valence-electron chi connectivity index (χ4n) is 1.75. The van der Waals surface area contributed by atoms with Crippen LogP contribution in [-0.4, -0.2) is 29.3 Å². The van der Waals surface area contributed by atoms with Crippen LogP contribution in [0.15, 0.2) is 30.3 Å². The van der Waals surface area contributed by atoms with Crippen molar-refractivity contribution in [3.05, 3.63) is 30.3 Å². The van der Waals surface area contributed by atoms with E-state index in [1.165, 1.54) is 6.92 Å². The molecule has 0 aliphatic carbocycles. The molecule has 4 nitrogen and oxygen atoms in total. The maximum atomic E-state index is 11.7. The summed E-state index contributed by atoms with van der Waals surface area (Å²) < 4.78 is 0. The Kier molecular flexibility index (Phi) is 5.36. The van der Waals surface area contributed by atoms with Crippen molar-refractivity contribution < 1.29 is 9.59 Å². The van der Waals surface area contributed by atoms with Crippen LogP contribution in [0.3, 0.4) is 0 Å². The van der Waals surface area contributed by atoms with Gasteiger partial charge in [0.15, 0.2) is 0 Å². The molecule has 2 amide bonds. The number of hydrogen-bond acceptors (Lipinski definition) is 2. The van der Waals surface area contributed by atoms with Crippen LogP contribution in [0.1, 0.15) is 27.2 Å². The number of para-hydroxylation sites is 1. The number of hydrogen-bond donors (Lipinski definition) is 1. The van der Waals surface area contributed by atoms with Gasteiger partial charge in [-0.05, 0) is 26.0 Å². The van der Waals surface area contributed by atoms with E-state index in [1.54, 1.807) is 4.90 Å². The third-order valence-electron chi connectivity index (χ3n) is 2.67. The Labute approximate surface area is 108 Å². The Bertz CT molecular complexity index is 402. The van der Waals surface area contributed by atoms with Crippen molar-refractivity contribution in [1.29, 1.82) is 0 Å². The molecule has 0 atom stereocenters. The van der Waals surface area contributed by atoms with Crippen LogP contribution >= 0.6 is 0 Å². The van der Waals surface area contributed by atoms with Crippen molar-refractivity contribution >= 4 is 17.5 Å². The van der Waals surface area contributed by atoms with Crippen LogP contribution in [0, 0.1) is 0 Å². The zero-order valence-electron chi connectivity index (χ0n) is 11.1. The Hall–Kier alpha value is -1.84. The van der Waals surface area contributed by atoms with Crippen LogP contribution in [0.4, 0.5) is 5.69 Å². The number of carbonyl (C=O) groups is 2. The van der Waals surface area contributed by atoms with Gasteiger partial charge in [0, 0.05) is 31.6 Å². The standard InChI is InChI=1S/C14H20N2O2/c1-11(2)16(12(3)17)10-9-14(18)15-13-7-5-4-6-8-13/h4-8,11H,9-10H2,1-3H3,(H,15,18). The van der Waals surface area contributed by atoms with Gasteiger partial charge < -0.3 is 10.2 Å². The van der Waals surface area contributed by atoms with Gasteiger partial charge in [0.1, 0.15) is 0 Å². The van der Waals surface area contributed by atoms with E-state index in [9.17, 15) is 9.59 Å². The highest BCUT2D eigenvalue weighted by atomic mass is 16.2. The minimum absolute atomic E-state index is 0.00230. The second-order valence-electron chi connectivity index (χ2n) is 4.47. The van der Waals surface area contributed by atoms with Crippen molar-refractivity contribution in [3.8, 4) is 0 Å². The van der Waals surface area contributed by atoms with Crippen LogP contribution < -0.4 is 5.32 Å². The van der Waals surface area contributed by atoms with Crippen molar-refractivity contribution in [2.75, 3.05) is 11.9 Å². The van der Waals surface area contributed by atoms with Crippen molar-refractivity contribution in [1.82, 2.24) is 4.90 Å². The average molecular weight is 248 g/mol. The lowest BCUT2D eigenvalue weighted by Gasteiger charge is -2.24. The lowest BCUT2D eigenvalue weighted by atomic mass is 10.2. The van der Waals surface area contributed by atoms with Gasteiger partial charge in [-0.25, -0.2) is 0 Å². The molecule has 0 heterocycles. The molecule has 18 heavy (non-hydrogen) atoms. The van der Waals surface area contributed by atoms with Crippen molar-refractivity contribution in [2.24, 2.45) is 0 Å². The number of nitrogens with zero attached hydrogens (tertiary/aromatic N) is 1. The molecule has 1 N–H and O–H groups in total. The summed E-state index contributed by atoms with van der Waals surface area (Å²) in [6.45, 7) is 5.85. The fraction of sp³-hybridized carbons (Fsp3) is 0.429. The Morgan fingerprint density at radius 2 is 1.83 bits per heavy atom. The Morgan fingerprint density at radius 1 is 1.22 bits per heavy atom. The third-order valence-corrected chi connectivity index (χ3v) is 2.67. The highest BCUT2D eigenvalue weighted by molar-refractivity contribution is 5.91. The second kappa shape index (κ2) is 6.79. The molecule has 0 radical (unpaired) electrons. The minimum Gasteiger partial charge on any atom is -0.340 e. The van der Waals surface area contributed by atoms with Crippen molar-refractivity contribution in [3.63, 3.8) is 0 Å². The maximum Gasteiger partial charge on any atom is 0.226 e.